The molecule has 1 fully saturated rings. The predicted octanol–water partition coefficient (Wildman–Crippen LogP) is 5.16. The molecule has 2 heteroatoms. The summed E-state index contributed by atoms with van der Waals surface area (Å²) in [6.07, 6.45) is 5.05. The third kappa shape index (κ3) is 3.75. The van der Waals surface area contributed by atoms with Crippen LogP contribution in [0.1, 0.15) is 45.6 Å². The molecule has 1 nitrogen and oxygen atoms in total. The van der Waals surface area contributed by atoms with E-state index in [4.69, 9.17) is 0 Å². The van der Waals surface area contributed by atoms with Crippen molar-refractivity contribution in [2.75, 3.05) is 0 Å². The molecule has 0 heterocycles. The van der Waals surface area contributed by atoms with E-state index in [0.717, 1.165) is 18.3 Å². The highest BCUT2D eigenvalue weighted by Gasteiger charge is 2.37. The minimum Gasteiger partial charge on any atom is -0.508 e. The van der Waals surface area contributed by atoms with Gasteiger partial charge in [0.1, 0.15) is 5.75 Å². The van der Waals surface area contributed by atoms with Gasteiger partial charge in [-0.15, -0.1) is 0 Å². The van der Waals surface area contributed by atoms with Crippen LogP contribution < -0.4 is 0 Å². The summed E-state index contributed by atoms with van der Waals surface area (Å²) in [6.45, 7) is 7.13. The van der Waals surface area contributed by atoms with Gasteiger partial charge in [0, 0.05) is 4.83 Å². The van der Waals surface area contributed by atoms with Gasteiger partial charge in [0.05, 0.1) is 0 Å². The molecular weight excluding hydrogens is 300 g/mol. The van der Waals surface area contributed by atoms with E-state index in [-0.39, 0.29) is 0 Å². The maximum atomic E-state index is 9.37. The maximum absolute atomic E-state index is 9.37. The molecule has 2 rings (SSSR count). The Balaban J connectivity index is 2.07. The summed E-state index contributed by atoms with van der Waals surface area (Å²) in [5, 5.41) is 9.37. The first-order chi connectivity index (χ1) is 8.88. The van der Waals surface area contributed by atoms with E-state index in [9.17, 15) is 5.11 Å². The second-order valence-electron chi connectivity index (χ2n) is 6.87. The Kier molecular flexibility index (Phi) is 4.60. The molecule has 0 aliphatic heterocycles. The van der Waals surface area contributed by atoms with Crippen LogP contribution in [0.25, 0.3) is 0 Å². The van der Waals surface area contributed by atoms with Crippen molar-refractivity contribution in [2.45, 2.75) is 51.3 Å². The molecule has 1 N–H and O–H groups in total. The van der Waals surface area contributed by atoms with Gasteiger partial charge in [-0.2, -0.15) is 0 Å². The van der Waals surface area contributed by atoms with Gasteiger partial charge in [0.15, 0.2) is 0 Å². The van der Waals surface area contributed by atoms with Gasteiger partial charge in [0.2, 0.25) is 0 Å². The first-order valence-corrected chi connectivity index (χ1v) is 8.22. The Morgan fingerprint density at radius 1 is 1.21 bits per heavy atom. The van der Waals surface area contributed by atoms with Crippen molar-refractivity contribution in [3.63, 3.8) is 0 Å². The first kappa shape index (κ1) is 14.9. The van der Waals surface area contributed by atoms with Gasteiger partial charge in [0.25, 0.3) is 0 Å². The number of aromatic hydroxyl groups is 1. The van der Waals surface area contributed by atoms with Crippen LogP contribution in [0.15, 0.2) is 24.3 Å². The number of hydrogen-bond donors (Lipinski definition) is 1. The quantitative estimate of drug-likeness (QED) is 0.761. The smallest absolute Gasteiger partial charge is 0.115 e. The van der Waals surface area contributed by atoms with Crippen molar-refractivity contribution in [1.29, 1.82) is 0 Å². The number of hydrogen-bond acceptors (Lipinski definition) is 1. The molecule has 0 amide bonds. The molecule has 1 aliphatic carbocycles. The van der Waals surface area contributed by atoms with Gasteiger partial charge in [-0.1, -0.05) is 55.3 Å². The molecule has 0 spiro atoms. The van der Waals surface area contributed by atoms with Crippen LogP contribution >= 0.6 is 15.9 Å². The summed E-state index contributed by atoms with van der Waals surface area (Å²) in [5.74, 6) is 1.94. The molecule has 1 aliphatic rings. The van der Waals surface area contributed by atoms with Crippen molar-refractivity contribution in [3.05, 3.63) is 29.8 Å². The Labute approximate surface area is 125 Å². The van der Waals surface area contributed by atoms with Crippen LogP contribution in [-0.4, -0.2) is 9.93 Å². The van der Waals surface area contributed by atoms with E-state index in [1.165, 1.54) is 24.8 Å². The van der Waals surface area contributed by atoms with Crippen LogP contribution in [0, 0.1) is 17.3 Å². The third-order valence-corrected chi connectivity index (χ3v) is 5.65. The zero-order chi connectivity index (χ0) is 14.0. The lowest BCUT2D eigenvalue weighted by Gasteiger charge is -2.42. The minimum atomic E-state index is 0.297. The minimum absolute atomic E-state index is 0.297. The zero-order valence-corrected chi connectivity index (χ0v) is 13.8. The fourth-order valence-corrected chi connectivity index (χ4v) is 5.08. The highest BCUT2D eigenvalue weighted by atomic mass is 79.9. The number of benzene rings is 1. The van der Waals surface area contributed by atoms with Crippen LogP contribution in [0.2, 0.25) is 0 Å². The van der Waals surface area contributed by atoms with Crippen molar-refractivity contribution in [3.8, 4) is 5.75 Å². The lowest BCUT2D eigenvalue weighted by Crippen LogP contribution is -2.37. The van der Waals surface area contributed by atoms with Crippen LogP contribution in [0.5, 0.6) is 5.75 Å². The Morgan fingerprint density at radius 3 is 2.42 bits per heavy atom. The Morgan fingerprint density at radius 2 is 1.84 bits per heavy atom. The highest BCUT2D eigenvalue weighted by molar-refractivity contribution is 9.09. The number of alkyl halides is 1. The van der Waals surface area contributed by atoms with E-state index in [0.29, 0.717) is 16.0 Å². The Hall–Kier alpha value is -0.500. The van der Waals surface area contributed by atoms with Crippen LogP contribution in [0.4, 0.5) is 0 Å². The van der Waals surface area contributed by atoms with E-state index in [2.05, 4.69) is 36.7 Å². The molecule has 0 aromatic heterocycles. The Bertz CT molecular complexity index is 410. The fourth-order valence-electron chi connectivity index (χ4n) is 3.46. The molecule has 106 valence electrons. The number of halogens is 1. The summed E-state index contributed by atoms with van der Waals surface area (Å²) in [4.78, 5) is 0.642. The molecule has 3 atom stereocenters. The lowest BCUT2D eigenvalue weighted by atomic mass is 9.66. The third-order valence-electron chi connectivity index (χ3n) is 4.63. The van der Waals surface area contributed by atoms with Crippen molar-refractivity contribution < 1.29 is 5.11 Å². The van der Waals surface area contributed by atoms with E-state index in [1.54, 1.807) is 12.1 Å². The molecule has 1 saturated carbocycles. The maximum Gasteiger partial charge on any atom is 0.115 e. The average Bonchev–Trinajstić information content (AvgIpc) is 2.31. The van der Waals surface area contributed by atoms with Crippen molar-refractivity contribution in [2.24, 2.45) is 17.3 Å². The SMILES string of the molecule is CC1CCC(C(C)(C)Cc2ccc(O)cc2)C(Br)C1. The van der Waals surface area contributed by atoms with E-state index < -0.39 is 0 Å². The van der Waals surface area contributed by atoms with Crippen molar-refractivity contribution in [1.82, 2.24) is 0 Å². The summed E-state index contributed by atoms with van der Waals surface area (Å²) in [6, 6.07) is 7.68. The first-order valence-electron chi connectivity index (χ1n) is 7.30. The molecule has 19 heavy (non-hydrogen) atoms. The zero-order valence-electron chi connectivity index (χ0n) is 12.2. The number of phenolic OH excluding ortho intramolecular Hbond substituents is 1. The molecule has 1 aromatic rings. The van der Waals surface area contributed by atoms with Gasteiger partial charge in [-0.05, 0) is 54.2 Å². The summed E-state index contributed by atoms with van der Waals surface area (Å²) in [7, 11) is 0. The summed E-state index contributed by atoms with van der Waals surface area (Å²) >= 11 is 3.92. The highest BCUT2D eigenvalue weighted by Crippen LogP contribution is 2.45. The number of rotatable bonds is 3. The van der Waals surface area contributed by atoms with E-state index >= 15 is 0 Å². The molecule has 3 unspecified atom stereocenters. The van der Waals surface area contributed by atoms with Crippen LogP contribution in [0.3, 0.4) is 0 Å². The number of phenols is 1. The van der Waals surface area contributed by atoms with Gasteiger partial charge in [-0.3, -0.25) is 0 Å². The average molecular weight is 325 g/mol. The van der Waals surface area contributed by atoms with Gasteiger partial charge < -0.3 is 5.11 Å². The topological polar surface area (TPSA) is 20.2 Å². The molecule has 1 aromatic carbocycles. The predicted molar refractivity (Wildman–Crippen MR) is 84.8 cm³/mol. The summed E-state index contributed by atoms with van der Waals surface area (Å²) in [5.41, 5.74) is 1.62. The molecule has 0 radical (unpaired) electrons. The largest absolute Gasteiger partial charge is 0.508 e. The second-order valence-corrected chi connectivity index (χ2v) is 8.05. The molecule has 0 bridgehead atoms. The lowest BCUT2D eigenvalue weighted by molar-refractivity contribution is 0.147. The van der Waals surface area contributed by atoms with Gasteiger partial charge >= 0.3 is 0 Å². The van der Waals surface area contributed by atoms with Crippen molar-refractivity contribution >= 4 is 15.9 Å². The fraction of sp³-hybridized carbons (Fsp3) is 0.647. The molecular formula is C17H25BrO. The van der Waals surface area contributed by atoms with Crippen LogP contribution in [-0.2, 0) is 6.42 Å². The summed E-state index contributed by atoms with van der Waals surface area (Å²) < 4.78 is 0. The molecule has 0 saturated heterocycles. The standard InChI is InChI=1S/C17H25BrO/c1-12-4-9-15(16(18)10-12)17(2,3)11-13-5-7-14(19)8-6-13/h5-8,12,15-16,19H,4,9-11H2,1-3H3. The monoisotopic (exact) mass is 324 g/mol. The van der Waals surface area contributed by atoms with Gasteiger partial charge in [-0.25, -0.2) is 0 Å². The van der Waals surface area contributed by atoms with E-state index in [1.807, 2.05) is 12.1 Å². The second kappa shape index (κ2) is 5.87. The normalized spacial score (nSPS) is 28.3.